The van der Waals surface area contributed by atoms with Crippen LogP contribution in [0.5, 0.6) is 0 Å². The Morgan fingerprint density at radius 3 is 1.94 bits per heavy atom. The Hall–Kier alpha value is -3.18. The summed E-state index contributed by atoms with van der Waals surface area (Å²) in [5, 5.41) is 0. The molecule has 0 saturated carbocycles. The van der Waals surface area contributed by atoms with Crippen molar-refractivity contribution < 1.29 is 13.2 Å². The molecule has 4 nitrogen and oxygen atoms in total. The molecule has 5 heteroatoms. The summed E-state index contributed by atoms with van der Waals surface area (Å²) in [5.74, 6) is -0.351. The van der Waals surface area contributed by atoms with Gasteiger partial charge in [0, 0.05) is 11.8 Å². The molecule has 1 heterocycles. The molecule has 3 aromatic rings. The van der Waals surface area contributed by atoms with Gasteiger partial charge in [0.2, 0.25) is 9.84 Å². The number of hydrogen-bond acceptors (Lipinski definition) is 3. The maximum atomic E-state index is 13.8. The molecule has 1 amide bonds. The monoisotopic (exact) mass is 459 g/mol. The molecule has 0 fully saturated rings. The highest BCUT2D eigenvalue weighted by molar-refractivity contribution is 7.95. The number of aryl methyl sites for hydroxylation is 1. The van der Waals surface area contributed by atoms with Gasteiger partial charge in [-0.15, -0.1) is 0 Å². The molecule has 170 valence electrons. The predicted octanol–water partition coefficient (Wildman–Crippen LogP) is 5.91. The molecule has 0 spiro atoms. The number of nitrogens with zero attached hydrogens (tertiary/aromatic N) is 1. The summed E-state index contributed by atoms with van der Waals surface area (Å²) in [6, 6.07) is 23.9. The molecule has 0 N–H and O–H groups in total. The Morgan fingerprint density at radius 1 is 0.818 bits per heavy atom. The lowest BCUT2D eigenvalue weighted by Crippen LogP contribution is -2.45. The van der Waals surface area contributed by atoms with Gasteiger partial charge in [0.25, 0.3) is 5.91 Å². The van der Waals surface area contributed by atoms with E-state index in [1.54, 1.807) is 29.2 Å². The molecule has 33 heavy (non-hydrogen) atoms. The second-order valence-corrected chi connectivity index (χ2v) is 11.7. The Balaban J connectivity index is 1.89. The van der Waals surface area contributed by atoms with Gasteiger partial charge >= 0.3 is 0 Å². The van der Waals surface area contributed by atoms with Gasteiger partial charge in [0.05, 0.1) is 9.80 Å². The van der Waals surface area contributed by atoms with Crippen molar-refractivity contribution >= 4 is 21.4 Å². The van der Waals surface area contributed by atoms with Gasteiger partial charge < -0.3 is 0 Å². The van der Waals surface area contributed by atoms with Crippen LogP contribution in [0.1, 0.15) is 44.4 Å². The second kappa shape index (κ2) is 7.99. The second-order valence-electron chi connectivity index (χ2n) is 9.73. The molecular weight excluding hydrogens is 430 g/mol. The minimum Gasteiger partial charge on any atom is -0.294 e. The van der Waals surface area contributed by atoms with E-state index in [0.29, 0.717) is 5.69 Å². The fourth-order valence-electron chi connectivity index (χ4n) is 4.36. The first-order valence-corrected chi connectivity index (χ1v) is 12.5. The molecular formula is C28H29NO3S. The van der Waals surface area contributed by atoms with E-state index in [2.05, 4.69) is 20.8 Å². The Labute approximate surface area is 196 Å². The van der Waals surface area contributed by atoms with E-state index in [9.17, 15) is 13.2 Å². The zero-order chi connectivity index (χ0) is 24.0. The lowest BCUT2D eigenvalue weighted by atomic mass is 9.86. The first-order valence-electron chi connectivity index (χ1n) is 11.0. The number of hydrogen-bond donors (Lipinski definition) is 0. The van der Waals surface area contributed by atoms with Crippen LogP contribution in [0.2, 0.25) is 0 Å². The quantitative estimate of drug-likeness (QED) is 0.487. The summed E-state index contributed by atoms with van der Waals surface area (Å²) < 4.78 is 27.6. The smallest absolute Gasteiger partial charge is 0.253 e. The standard InChI is InChI=1S/C28H29NO3S/c1-20-11-17-24(18-12-20)33(31,32)25-19-26(30)29(28(25,5)22-9-7-6-8-10-22)23-15-13-21(14-16-23)27(2,3)4/h6-19H,1-5H3. The molecule has 3 aromatic carbocycles. The van der Waals surface area contributed by atoms with Crippen molar-refractivity contribution in [3.63, 3.8) is 0 Å². The van der Waals surface area contributed by atoms with E-state index in [4.69, 9.17) is 0 Å². The van der Waals surface area contributed by atoms with Crippen LogP contribution in [-0.2, 0) is 25.6 Å². The van der Waals surface area contributed by atoms with Gasteiger partial charge in [-0.05, 0) is 54.7 Å². The number of carbonyl (C=O) groups is 1. The molecule has 0 aromatic heterocycles. The number of rotatable bonds is 4. The van der Waals surface area contributed by atoms with Gasteiger partial charge in [0.1, 0.15) is 5.54 Å². The molecule has 1 aliphatic rings. The third kappa shape index (κ3) is 3.91. The van der Waals surface area contributed by atoms with Crippen molar-refractivity contribution in [2.45, 2.75) is 50.5 Å². The zero-order valence-corrected chi connectivity index (χ0v) is 20.5. The molecule has 1 atom stereocenters. The van der Waals surface area contributed by atoms with Crippen LogP contribution in [0, 0.1) is 6.92 Å². The molecule has 0 radical (unpaired) electrons. The van der Waals surface area contributed by atoms with E-state index < -0.39 is 15.4 Å². The third-order valence-electron chi connectivity index (χ3n) is 6.35. The van der Waals surface area contributed by atoms with Crippen LogP contribution in [0.25, 0.3) is 0 Å². The van der Waals surface area contributed by atoms with Crippen LogP contribution in [0.4, 0.5) is 5.69 Å². The SMILES string of the molecule is Cc1ccc(S(=O)(=O)C2=CC(=O)N(c3ccc(C(C)(C)C)cc3)C2(C)c2ccccc2)cc1. The minimum atomic E-state index is -3.92. The van der Waals surface area contributed by atoms with Gasteiger partial charge in [-0.1, -0.05) is 80.9 Å². The molecule has 0 bridgehead atoms. The topological polar surface area (TPSA) is 54.5 Å². The average molecular weight is 460 g/mol. The highest BCUT2D eigenvalue weighted by Gasteiger charge is 2.51. The lowest BCUT2D eigenvalue weighted by molar-refractivity contribution is -0.114. The van der Waals surface area contributed by atoms with Crippen molar-refractivity contribution in [2.75, 3.05) is 4.90 Å². The number of sulfone groups is 1. The summed E-state index contributed by atoms with van der Waals surface area (Å²) in [6.07, 6.45) is 1.28. The van der Waals surface area contributed by atoms with Crippen LogP contribution >= 0.6 is 0 Å². The molecule has 4 rings (SSSR count). The molecule has 0 saturated heterocycles. The summed E-state index contributed by atoms with van der Waals surface area (Å²) >= 11 is 0. The predicted molar refractivity (Wildman–Crippen MR) is 133 cm³/mol. The van der Waals surface area contributed by atoms with Gasteiger partial charge in [-0.25, -0.2) is 8.42 Å². The normalized spacial score (nSPS) is 19.0. The van der Waals surface area contributed by atoms with Crippen LogP contribution in [0.15, 0.2) is 94.7 Å². The molecule has 1 unspecified atom stereocenters. The highest BCUT2D eigenvalue weighted by atomic mass is 32.2. The van der Waals surface area contributed by atoms with Crippen LogP contribution in [0.3, 0.4) is 0 Å². The van der Waals surface area contributed by atoms with Gasteiger partial charge in [0.15, 0.2) is 0 Å². The number of carbonyl (C=O) groups excluding carboxylic acids is 1. The maximum absolute atomic E-state index is 13.8. The Kier molecular flexibility index (Phi) is 5.57. The minimum absolute atomic E-state index is 0.0333. The fourth-order valence-corrected chi connectivity index (χ4v) is 6.10. The summed E-state index contributed by atoms with van der Waals surface area (Å²) in [7, 11) is -3.92. The lowest BCUT2D eigenvalue weighted by Gasteiger charge is -2.38. The number of benzene rings is 3. The Morgan fingerprint density at radius 2 is 1.39 bits per heavy atom. The largest absolute Gasteiger partial charge is 0.294 e. The van der Waals surface area contributed by atoms with Crippen LogP contribution in [-0.4, -0.2) is 14.3 Å². The first kappa shape index (κ1) is 23.0. The summed E-state index contributed by atoms with van der Waals surface area (Å²) in [5.41, 5.74) is 2.28. The van der Waals surface area contributed by atoms with Crippen molar-refractivity contribution in [3.05, 3.63) is 107 Å². The van der Waals surface area contributed by atoms with Crippen molar-refractivity contribution in [3.8, 4) is 0 Å². The van der Waals surface area contributed by atoms with E-state index in [0.717, 1.165) is 16.7 Å². The maximum Gasteiger partial charge on any atom is 0.253 e. The van der Waals surface area contributed by atoms with Crippen molar-refractivity contribution in [1.29, 1.82) is 0 Å². The van der Waals surface area contributed by atoms with Gasteiger partial charge in [-0.2, -0.15) is 0 Å². The Bertz CT molecular complexity index is 1320. The summed E-state index contributed by atoms with van der Waals surface area (Å²) in [4.78, 5) is 15.2. The molecule has 0 aliphatic carbocycles. The number of amides is 1. The van der Waals surface area contributed by atoms with E-state index in [1.807, 2.05) is 68.4 Å². The zero-order valence-electron chi connectivity index (χ0n) is 19.7. The van der Waals surface area contributed by atoms with E-state index in [1.165, 1.54) is 6.08 Å². The first-order chi connectivity index (χ1) is 15.5. The van der Waals surface area contributed by atoms with E-state index >= 15 is 0 Å². The third-order valence-corrected chi connectivity index (χ3v) is 8.34. The van der Waals surface area contributed by atoms with Crippen molar-refractivity contribution in [2.24, 2.45) is 0 Å². The van der Waals surface area contributed by atoms with Gasteiger partial charge in [-0.3, -0.25) is 9.69 Å². The molecule has 1 aliphatic heterocycles. The highest BCUT2D eigenvalue weighted by Crippen LogP contribution is 2.47. The van der Waals surface area contributed by atoms with Crippen molar-refractivity contribution in [1.82, 2.24) is 0 Å². The summed E-state index contributed by atoms with van der Waals surface area (Å²) in [6.45, 7) is 10.1. The fraction of sp³-hybridized carbons (Fsp3) is 0.250. The van der Waals surface area contributed by atoms with Crippen LogP contribution < -0.4 is 4.90 Å². The average Bonchev–Trinajstić information content (AvgIpc) is 3.06. The number of anilines is 1. The van der Waals surface area contributed by atoms with E-state index in [-0.39, 0.29) is 21.1 Å².